The minimum absolute atomic E-state index is 0.194. The molecule has 0 fully saturated rings. The zero-order chi connectivity index (χ0) is 10.0. The van der Waals surface area contributed by atoms with Gasteiger partial charge in [-0.15, -0.1) is 23.2 Å². The van der Waals surface area contributed by atoms with Crippen LogP contribution in [-0.4, -0.2) is 41.3 Å². The van der Waals surface area contributed by atoms with Crippen molar-refractivity contribution in [3.8, 4) is 0 Å². The number of hydrogen-bond donors (Lipinski definition) is 1. The summed E-state index contributed by atoms with van der Waals surface area (Å²) in [7, 11) is 0. The molecule has 4 heteroatoms. The molecule has 1 N–H and O–H groups in total. The third-order valence-electron chi connectivity index (χ3n) is 2.31. The van der Waals surface area contributed by atoms with Gasteiger partial charge in [0.15, 0.2) is 6.73 Å². The largest absolute Gasteiger partial charge is 0.347 e. The van der Waals surface area contributed by atoms with Crippen molar-refractivity contribution in [2.75, 3.05) is 31.7 Å². The molecule has 0 radical (unpaired) electrons. The van der Waals surface area contributed by atoms with Crippen molar-refractivity contribution in [2.24, 2.45) is 0 Å². The summed E-state index contributed by atoms with van der Waals surface area (Å²) in [6.45, 7) is 9.72. The maximum atomic E-state index is 8.95. The molecule has 0 aromatic rings. The fourth-order valence-electron chi connectivity index (χ4n) is 0.971. The van der Waals surface area contributed by atoms with Crippen LogP contribution in [0.4, 0.5) is 0 Å². The lowest BCUT2D eigenvalue weighted by Crippen LogP contribution is -2.48. The summed E-state index contributed by atoms with van der Waals surface area (Å²) < 4.78 is 0.833. The summed E-state index contributed by atoms with van der Waals surface area (Å²) in [5.74, 6) is 0. The Morgan fingerprint density at radius 3 is 1.25 bits per heavy atom. The molecule has 0 saturated heterocycles. The highest BCUT2D eigenvalue weighted by molar-refractivity contribution is 6.40. The van der Waals surface area contributed by atoms with Crippen LogP contribution in [0.5, 0.6) is 0 Å². The Balaban J connectivity index is 0. The molecule has 0 aromatic heterocycles. The Bertz CT molecular complexity index is 69.6. The van der Waals surface area contributed by atoms with Gasteiger partial charge in [-0.25, -0.2) is 0 Å². The van der Waals surface area contributed by atoms with Crippen molar-refractivity contribution in [2.45, 2.75) is 20.8 Å². The number of rotatable bonds is 4. The lowest BCUT2D eigenvalue weighted by atomic mass is 10.4. The maximum absolute atomic E-state index is 8.95. The van der Waals surface area contributed by atoms with E-state index in [0.717, 1.165) is 24.1 Å². The molecule has 0 aliphatic heterocycles. The Morgan fingerprint density at radius 1 is 1.00 bits per heavy atom. The van der Waals surface area contributed by atoms with Crippen LogP contribution in [0.1, 0.15) is 20.8 Å². The van der Waals surface area contributed by atoms with E-state index >= 15 is 0 Å². The van der Waals surface area contributed by atoms with E-state index < -0.39 is 0 Å². The maximum Gasteiger partial charge on any atom is 0.180 e. The molecule has 0 aliphatic rings. The van der Waals surface area contributed by atoms with E-state index in [0.29, 0.717) is 0 Å². The Hall–Kier alpha value is 0.500. The third kappa shape index (κ3) is 6.06. The molecule has 0 bridgehead atoms. The topological polar surface area (TPSA) is 20.2 Å². The average molecular weight is 217 g/mol. The monoisotopic (exact) mass is 216 g/mol. The molecular weight excluding hydrogens is 197 g/mol. The van der Waals surface area contributed by atoms with Gasteiger partial charge in [0.05, 0.1) is 25.0 Å². The molecule has 0 unspecified atom stereocenters. The van der Waals surface area contributed by atoms with E-state index in [2.05, 4.69) is 20.8 Å². The Morgan fingerprint density at radius 2 is 1.25 bits per heavy atom. The number of quaternary nitrogens is 1. The van der Waals surface area contributed by atoms with Crippen LogP contribution in [0.2, 0.25) is 0 Å². The van der Waals surface area contributed by atoms with Crippen molar-refractivity contribution in [1.29, 1.82) is 0 Å². The quantitative estimate of drug-likeness (QED) is 0.435. The predicted molar refractivity (Wildman–Crippen MR) is 55.5 cm³/mol. The van der Waals surface area contributed by atoms with Crippen molar-refractivity contribution in [1.82, 2.24) is 0 Å². The molecule has 0 saturated carbocycles. The molecular formula is C8H20Cl2NO+. The number of hydrogen-bond acceptors (Lipinski definition) is 1. The standard InChI is InChI=1S/C7H18NO.CH2Cl2/c1-4-8(5-2,6-3)7-9;2-1-3/h9H,4-7H2,1-3H3;1H2/q+1;. The van der Waals surface area contributed by atoms with Gasteiger partial charge in [0.2, 0.25) is 0 Å². The molecule has 0 spiro atoms. The van der Waals surface area contributed by atoms with E-state index in [-0.39, 0.29) is 12.1 Å². The van der Waals surface area contributed by atoms with E-state index in [1.165, 1.54) is 0 Å². The van der Waals surface area contributed by atoms with Crippen LogP contribution >= 0.6 is 23.2 Å². The molecule has 76 valence electrons. The first-order valence-electron chi connectivity index (χ1n) is 4.24. The second-order valence-electron chi connectivity index (χ2n) is 2.53. The summed E-state index contributed by atoms with van der Waals surface area (Å²) in [6, 6.07) is 0. The van der Waals surface area contributed by atoms with Gasteiger partial charge in [0.25, 0.3) is 0 Å². The summed E-state index contributed by atoms with van der Waals surface area (Å²) >= 11 is 9.53. The van der Waals surface area contributed by atoms with Crippen molar-refractivity contribution < 1.29 is 9.59 Å². The number of aliphatic hydroxyl groups is 1. The highest BCUT2D eigenvalue weighted by atomic mass is 35.5. The van der Waals surface area contributed by atoms with Crippen LogP contribution in [-0.2, 0) is 0 Å². The van der Waals surface area contributed by atoms with Gasteiger partial charge >= 0.3 is 0 Å². The lowest BCUT2D eigenvalue weighted by Gasteiger charge is -2.32. The average Bonchev–Trinajstić information content (AvgIpc) is 2.11. The molecule has 0 aliphatic carbocycles. The van der Waals surface area contributed by atoms with Crippen molar-refractivity contribution >= 4 is 23.2 Å². The van der Waals surface area contributed by atoms with E-state index in [1.54, 1.807) is 0 Å². The normalized spacial score (nSPS) is 10.5. The second-order valence-corrected chi connectivity index (χ2v) is 3.34. The Kier molecular flexibility index (Phi) is 12.0. The smallest absolute Gasteiger partial charge is 0.180 e. The zero-order valence-electron chi connectivity index (χ0n) is 8.19. The number of alkyl halides is 2. The number of aliphatic hydroxyl groups excluding tert-OH is 1. The number of nitrogens with zero attached hydrogens (tertiary/aromatic N) is 1. The van der Waals surface area contributed by atoms with Crippen LogP contribution < -0.4 is 0 Å². The summed E-state index contributed by atoms with van der Waals surface area (Å²) in [4.78, 5) is 0. The van der Waals surface area contributed by atoms with E-state index in [1.807, 2.05) is 0 Å². The summed E-state index contributed by atoms with van der Waals surface area (Å²) in [5.41, 5.74) is 0. The van der Waals surface area contributed by atoms with Gasteiger partial charge in [0.1, 0.15) is 0 Å². The summed E-state index contributed by atoms with van der Waals surface area (Å²) in [5, 5.41) is 9.14. The molecule has 0 rings (SSSR count). The van der Waals surface area contributed by atoms with Gasteiger partial charge < -0.3 is 9.59 Å². The van der Waals surface area contributed by atoms with Crippen LogP contribution in [0, 0.1) is 0 Å². The SMILES string of the molecule is CC[N+](CC)(CC)CO.ClCCl. The van der Waals surface area contributed by atoms with Gasteiger partial charge in [-0.3, -0.25) is 0 Å². The molecule has 12 heavy (non-hydrogen) atoms. The minimum Gasteiger partial charge on any atom is -0.347 e. The first kappa shape index (κ1) is 15.0. The van der Waals surface area contributed by atoms with Gasteiger partial charge in [-0.1, -0.05) is 0 Å². The second kappa shape index (κ2) is 9.59. The molecule has 0 aromatic carbocycles. The zero-order valence-corrected chi connectivity index (χ0v) is 9.70. The fourth-order valence-corrected chi connectivity index (χ4v) is 0.971. The minimum atomic E-state index is 0.194. The van der Waals surface area contributed by atoms with Gasteiger partial charge in [0, 0.05) is 0 Å². The van der Waals surface area contributed by atoms with Gasteiger partial charge in [-0.05, 0) is 20.8 Å². The van der Waals surface area contributed by atoms with Crippen molar-refractivity contribution in [3.05, 3.63) is 0 Å². The molecule has 0 atom stereocenters. The number of halogens is 2. The fraction of sp³-hybridized carbons (Fsp3) is 1.00. The summed E-state index contributed by atoms with van der Waals surface area (Å²) in [6.07, 6.45) is 0. The third-order valence-corrected chi connectivity index (χ3v) is 2.31. The van der Waals surface area contributed by atoms with Crippen LogP contribution in [0.15, 0.2) is 0 Å². The van der Waals surface area contributed by atoms with E-state index in [9.17, 15) is 0 Å². The van der Waals surface area contributed by atoms with E-state index in [4.69, 9.17) is 28.3 Å². The van der Waals surface area contributed by atoms with Gasteiger partial charge in [-0.2, -0.15) is 0 Å². The van der Waals surface area contributed by atoms with Crippen LogP contribution in [0.3, 0.4) is 0 Å². The highest BCUT2D eigenvalue weighted by Gasteiger charge is 2.17. The Labute approximate surface area is 85.7 Å². The van der Waals surface area contributed by atoms with Crippen molar-refractivity contribution in [3.63, 3.8) is 0 Å². The lowest BCUT2D eigenvalue weighted by molar-refractivity contribution is -0.940. The molecule has 0 heterocycles. The molecule has 0 amide bonds. The first-order valence-corrected chi connectivity index (χ1v) is 5.31. The predicted octanol–water partition coefficient (Wildman–Crippen LogP) is 2.23. The van der Waals surface area contributed by atoms with Crippen LogP contribution in [0.25, 0.3) is 0 Å². The highest BCUT2D eigenvalue weighted by Crippen LogP contribution is 2.01. The molecule has 2 nitrogen and oxygen atoms in total. The first-order chi connectivity index (χ1) is 5.66.